The summed E-state index contributed by atoms with van der Waals surface area (Å²) in [6.45, 7) is 1.10. The molecule has 0 bridgehead atoms. The minimum Gasteiger partial charge on any atom is -0.353 e. The summed E-state index contributed by atoms with van der Waals surface area (Å²) in [6.07, 6.45) is 3.04. The molecule has 0 spiro atoms. The van der Waals surface area contributed by atoms with E-state index in [1.165, 1.54) is 17.1 Å². The molecule has 5 rings (SSSR count). The monoisotopic (exact) mass is 497 g/mol. The van der Waals surface area contributed by atoms with Crippen molar-refractivity contribution in [2.45, 2.75) is 19.0 Å². The molecule has 180 valence electrons. The molecule has 0 radical (unpaired) electrons. The Hall–Kier alpha value is -4.23. The van der Waals surface area contributed by atoms with Crippen molar-refractivity contribution in [1.82, 2.24) is 24.6 Å². The Morgan fingerprint density at radius 1 is 0.944 bits per heavy atom. The van der Waals surface area contributed by atoms with E-state index in [1.807, 2.05) is 78.9 Å². The van der Waals surface area contributed by atoms with Gasteiger partial charge in [-0.2, -0.15) is 5.10 Å². The zero-order valence-electron chi connectivity index (χ0n) is 19.4. The van der Waals surface area contributed by atoms with Crippen LogP contribution in [0.3, 0.4) is 0 Å². The molecule has 2 aromatic heterocycles. The molecule has 2 heterocycles. The Kier molecular flexibility index (Phi) is 6.91. The molecule has 0 saturated heterocycles. The van der Waals surface area contributed by atoms with Gasteiger partial charge in [-0.3, -0.25) is 14.2 Å². The van der Waals surface area contributed by atoms with Gasteiger partial charge in [-0.15, -0.1) is 0 Å². The molecule has 0 aliphatic rings. The van der Waals surface area contributed by atoms with Crippen molar-refractivity contribution in [2.75, 3.05) is 6.54 Å². The van der Waals surface area contributed by atoms with E-state index in [-0.39, 0.29) is 11.5 Å². The van der Waals surface area contributed by atoms with E-state index in [0.29, 0.717) is 35.7 Å². The van der Waals surface area contributed by atoms with E-state index in [9.17, 15) is 9.59 Å². The number of hydrogen-bond acceptors (Lipinski definition) is 4. The van der Waals surface area contributed by atoms with E-state index >= 15 is 0 Å². The maximum Gasteiger partial charge on any atom is 0.264 e. The minimum absolute atomic E-state index is 0.0966. The Balaban J connectivity index is 1.30. The topological polar surface area (TPSA) is 81.8 Å². The van der Waals surface area contributed by atoms with Crippen molar-refractivity contribution in [3.63, 3.8) is 0 Å². The van der Waals surface area contributed by atoms with Crippen molar-refractivity contribution in [2.24, 2.45) is 0 Å². The average molecular weight is 498 g/mol. The molecule has 7 nitrogen and oxygen atoms in total. The van der Waals surface area contributed by atoms with E-state index < -0.39 is 5.92 Å². The molecule has 0 unspecified atom stereocenters. The smallest absolute Gasteiger partial charge is 0.264 e. The van der Waals surface area contributed by atoms with E-state index in [4.69, 9.17) is 11.6 Å². The summed E-state index contributed by atoms with van der Waals surface area (Å²) in [6, 6.07) is 26.8. The van der Waals surface area contributed by atoms with Crippen LogP contribution in [0.25, 0.3) is 11.0 Å². The van der Waals surface area contributed by atoms with Gasteiger partial charge in [-0.25, -0.2) is 9.67 Å². The van der Waals surface area contributed by atoms with Gasteiger partial charge in [-0.1, -0.05) is 84.4 Å². The first-order valence-corrected chi connectivity index (χ1v) is 12.0. The maximum atomic E-state index is 13.2. The summed E-state index contributed by atoms with van der Waals surface area (Å²) in [5, 5.41) is 8.41. The number of rotatable bonds is 8. The van der Waals surface area contributed by atoms with Crippen LogP contribution in [0.1, 0.15) is 22.6 Å². The van der Waals surface area contributed by atoms with Crippen LogP contribution in [-0.2, 0) is 17.9 Å². The molecule has 1 N–H and O–H groups in total. The summed E-state index contributed by atoms with van der Waals surface area (Å²) in [5.74, 6) is -0.515. The Bertz CT molecular complexity index is 1510. The van der Waals surface area contributed by atoms with Crippen LogP contribution < -0.4 is 10.9 Å². The molecular formula is C28H24ClN5O2. The molecule has 0 saturated carbocycles. The predicted octanol–water partition coefficient (Wildman–Crippen LogP) is 4.24. The third-order valence-corrected chi connectivity index (χ3v) is 6.25. The van der Waals surface area contributed by atoms with Gasteiger partial charge in [0.05, 0.1) is 25.2 Å². The maximum absolute atomic E-state index is 13.2. The number of nitrogens with one attached hydrogen (secondary N) is 1. The summed E-state index contributed by atoms with van der Waals surface area (Å²) in [4.78, 5) is 30.7. The predicted molar refractivity (Wildman–Crippen MR) is 140 cm³/mol. The molecular weight excluding hydrogens is 474 g/mol. The van der Waals surface area contributed by atoms with Crippen LogP contribution in [0.5, 0.6) is 0 Å². The number of aromatic nitrogens is 4. The first-order valence-electron chi connectivity index (χ1n) is 11.6. The molecule has 0 aliphatic heterocycles. The minimum atomic E-state index is -0.418. The Labute approximate surface area is 213 Å². The van der Waals surface area contributed by atoms with Gasteiger partial charge in [0.15, 0.2) is 5.65 Å². The normalized spacial score (nSPS) is 11.2. The van der Waals surface area contributed by atoms with Crippen molar-refractivity contribution < 1.29 is 4.79 Å². The second kappa shape index (κ2) is 10.6. The fourth-order valence-corrected chi connectivity index (χ4v) is 4.49. The fraction of sp³-hybridized carbons (Fsp3) is 0.143. The van der Waals surface area contributed by atoms with Gasteiger partial charge in [-0.05, 0) is 28.8 Å². The highest BCUT2D eigenvalue weighted by Gasteiger charge is 2.22. The van der Waals surface area contributed by atoms with Crippen molar-refractivity contribution in [3.05, 3.63) is 130 Å². The zero-order chi connectivity index (χ0) is 24.9. The SMILES string of the molecule is O=C(NCCn1ncc2c(=O)n(Cc3cccc(Cl)c3)cnc21)C(c1ccccc1)c1ccccc1. The number of hydrogen-bond donors (Lipinski definition) is 1. The van der Waals surface area contributed by atoms with Gasteiger partial charge in [0.2, 0.25) is 5.91 Å². The lowest BCUT2D eigenvalue weighted by atomic mass is 9.90. The van der Waals surface area contributed by atoms with E-state index in [0.717, 1.165) is 16.7 Å². The van der Waals surface area contributed by atoms with Crippen LogP contribution in [0.4, 0.5) is 0 Å². The average Bonchev–Trinajstić information content (AvgIpc) is 3.31. The molecule has 5 aromatic rings. The third-order valence-electron chi connectivity index (χ3n) is 6.02. The number of nitrogens with zero attached hydrogens (tertiary/aromatic N) is 4. The summed E-state index contributed by atoms with van der Waals surface area (Å²) < 4.78 is 3.17. The Morgan fingerprint density at radius 2 is 1.64 bits per heavy atom. The number of carbonyl (C=O) groups is 1. The molecule has 1 amide bonds. The zero-order valence-corrected chi connectivity index (χ0v) is 20.2. The number of carbonyl (C=O) groups excluding carboxylic acids is 1. The van der Waals surface area contributed by atoms with E-state index in [2.05, 4.69) is 15.4 Å². The highest BCUT2D eigenvalue weighted by Crippen LogP contribution is 2.24. The standard InChI is InChI=1S/C28H24ClN5O2/c29-23-13-7-8-20(16-23)18-33-19-31-26-24(28(33)36)17-32-34(26)15-14-30-27(35)25(21-9-3-1-4-10-21)22-11-5-2-6-12-22/h1-13,16-17,19,25H,14-15,18H2,(H,30,35). The molecule has 0 atom stereocenters. The summed E-state index contributed by atoms with van der Waals surface area (Å²) in [5.41, 5.74) is 3.07. The second-order valence-electron chi connectivity index (χ2n) is 8.46. The van der Waals surface area contributed by atoms with Crippen LogP contribution in [0.2, 0.25) is 5.02 Å². The third kappa shape index (κ3) is 5.06. The van der Waals surface area contributed by atoms with Gasteiger partial charge in [0.1, 0.15) is 11.7 Å². The first kappa shape index (κ1) is 23.5. The number of benzene rings is 3. The number of amides is 1. The molecule has 0 fully saturated rings. The molecule has 3 aromatic carbocycles. The van der Waals surface area contributed by atoms with Crippen molar-refractivity contribution >= 4 is 28.5 Å². The lowest BCUT2D eigenvalue weighted by Crippen LogP contribution is -2.32. The molecule has 8 heteroatoms. The number of halogens is 1. The number of fused-ring (bicyclic) bond motifs is 1. The first-order chi connectivity index (χ1) is 17.6. The van der Waals surface area contributed by atoms with Gasteiger partial charge in [0, 0.05) is 11.6 Å². The highest BCUT2D eigenvalue weighted by molar-refractivity contribution is 6.30. The molecule has 36 heavy (non-hydrogen) atoms. The van der Waals surface area contributed by atoms with Crippen LogP contribution in [0, 0.1) is 0 Å². The van der Waals surface area contributed by atoms with Crippen molar-refractivity contribution in [1.29, 1.82) is 0 Å². The quantitative estimate of drug-likeness (QED) is 0.347. The lowest BCUT2D eigenvalue weighted by Gasteiger charge is -2.18. The summed E-state index contributed by atoms with van der Waals surface area (Å²) in [7, 11) is 0. The van der Waals surface area contributed by atoms with Crippen LogP contribution >= 0.6 is 11.6 Å². The van der Waals surface area contributed by atoms with Gasteiger partial charge >= 0.3 is 0 Å². The van der Waals surface area contributed by atoms with Gasteiger partial charge < -0.3 is 5.32 Å². The fourth-order valence-electron chi connectivity index (χ4n) is 4.28. The Morgan fingerprint density at radius 3 is 2.31 bits per heavy atom. The summed E-state index contributed by atoms with van der Waals surface area (Å²) >= 11 is 6.06. The lowest BCUT2D eigenvalue weighted by molar-refractivity contribution is -0.121. The van der Waals surface area contributed by atoms with Crippen LogP contribution in [-0.4, -0.2) is 31.8 Å². The second-order valence-corrected chi connectivity index (χ2v) is 8.89. The van der Waals surface area contributed by atoms with E-state index in [1.54, 1.807) is 10.7 Å². The molecule has 0 aliphatic carbocycles. The van der Waals surface area contributed by atoms with Gasteiger partial charge in [0.25, 0.3) is 5.56 Å². The largest absolute Gasteiger partial charge is 0.353 e. The highest BCUT2D eigenvalue weighted by atomic mass is 35.5. The van der Waals surface area contributed by atoms with Crippen molar-refractivity contribution in [3.8, 4) is 0 Å². The van der Waals surface area contributed by atoms with Crippen LogP contribution in [0.15, 0.2) is 102 Å².